The number of hydrogen-bond donors (Lipinski definition) is 3. The number of ether oxygens (including phenoxy) is 2. The summed E-state index contributed by atoms with van der Waals surface area (Å²) in [6.07, 6.45) is 9.69. The lowest BCUT2D eigenvalue weighted by Crippen LogP contribution is -2.36. The van der Waals surface area contributed by atoms with Crippen molar-refractivity contribution in [1.29, 1.82) is 5.26 Å². The molecule has 1 saturated carbocycles. The van der Waals surface area contributed by atoms with Gasteiger partial charge in [0.05, 0.1) is 29.5 Å². The van der Waals surface area contributed by atoms with Crippen LogP contribution in [0.1, 0.15) is 38.5 Å². The van der Waals surface area contributed by atoms with Crippen molar-refractivity contribution >= 4 is 11.5 Å². The number of rotatable bonds is 11. The zero-order chi connectivity index (χ0) is 24.3. The predicted molar refractivity (Wildman–Crippen MR) is 136 cm³/mol. The van der Waals surface area contributed by atoms with E-state index in [2.05, 4.69) is 37.0 Å². The van der Waals surface area contributed by atoms with Crippen LogP contribution in [0.3, 0.4) is 0 Å². The molecular formula is C26H37N7O2. The van der Waals surface area contributed by atoms with Crippen molar-refractivity contribution in [2.75, 3.05) is 57.2 Å². The second kappa shape index (κ2) is 12.8. The second-order valence-corrected chi connectivity index (χ2v) is 9.62. The molecule has 1 aliphatic heterocycles. The quantitative estimate of drug-likeness (QED) is 0.416. The van der Waals surface area contributed by atoms with Crippen molar-refractivity contribution in [3.05, 3.63) is 30.7 Å². The van der Waals surface area contributed by atoms with Crippen LogP contribution >= 0.6 is 0 Å². The van der Waals surface area contributed by atoms with Gasteiger partial charge in [-0.15, -0.1) is 0 Å². The highest BCUT2D eigenvalue weighted by molar-refractivity contribution is 5.63. The molecular weight excluding hydrogens is 442 g/mol. The molecule has 9 heteroatoms. The van der Waals surface area contributed by atoms with Gasteiger partial charge in [-0.3, -0.25) is 4.98 Å². The molecule has 9 nitrogen and oxygen atoms in total. The summed E-state index contributed by atoms with van der Waals surface area (Å²) in [6.45, 7) is 4.47. The predicted octanol–water partition coefficient (Wildman–Crippen LogP) is 3.48. The van der Waals surface area contributed by atoms with Crippen LogP contribution in [0.15, 0.2) is 30.7 Å². The first-order chi connectivity index (χ1) is 17.2. The zero-order valence-corrected chi connectivity index (χ0v) is 20.6. The number of methoxy groups -OCH3 is 1. The standard InChI is InChI=1S/C26H37N7O2/c1-34-13-10-28-21-4-2-20(3-5-21)16-30-25-15-24(32-19-33-25)23-14-22(6-9-29-23)31-18-26(17-27)7-11-35-12-8-26/h6,9,14-15,19-21,28H,2-5,7-8,10-13,16,18H2,1H3,(H,29,31)(H,30,32,33). The van der Waals surface area contributed by atoms with E-state index >= 15 is 0 Å². The van der Waals surface area contributed by atoms with E-state index in [0.29, 0.717) is 31.7 Å². The van der Waals surface area contributed by atoms with Crippen LogP contribution in [0.25, 0.3) is 11.4 Å². The Morgan fingerprint density at radius 2 is 1.89 bits per heavy atom. The van der Waals surface area contributed by atoms with Gasteiger partial charge in [0.25, 0.3) is 0 Å². The van der Waals surface area contributed by atoms with Gasteiger partial charge in [0.1, 0.15) is 12.1 Å². The molecule has 4 rings (SSSR count). The minimum Gasteiger partial charge on any atom is -0.383 e. The number of nitriles is 1. The topological polar surface area (TPSA) is 117 Å². The van der Waals surface area contributed by atoms with E-state index < -0.39 is 0 Å². The highest BCUT2D eigenvalue weighted by Crippen LogP contribution is 2.30. The summed E-state index contributed by atoms with van der Waals surface area (Å²) in [7, 11) is 1.74. The van der Waals surface area contributed by atoms with Crippen molar-refractivity contribution in [2.45, 2.75) is 44.6 Å². The Labute approximate surface area is 208 Å². The first kappa shape index (κ1) is 25.3. The van der Waals surface area contributed by atoms with Gasteiger partial charge >= 0.3 is 0 Å². The highest BCUT2D eigenvalue weighted by atomic mass is 16.5. The third kappa shape index (κ3) is 7.34. The SMILES string of the molecule is COCCNC1CCC(CNc2cc(-c3cc(NCC4(C#N)CCOCC4)ccn3)ncn2)CC1. The van der Waals surface area contributed by atoms with Gasteiger partial charge in [-0.05, 0) is 56.6 Å². The van der Waals surface area contributed by atoms with E-state index in [0.717, 1.165) is 55.4 Å². The van der Waals surface area contributed by atoms with E-state index in [1.165, 1.54) is 25.7 Å². The van der Waals surface area contributed by atoms with E-state index in [4.69, 9.17) is 9.47 Å². The monoisotopic (exact) mass is 479 g/mol. The molecule has 2 aromatic heterocycles. The number of hydrogen-bond acceptors (Lipinski definition) is 9. The van der Waals surface area contributed by atoms with Crippen LogP contribution in [0.2, 0.25) is 0 Å². The van der Waals surface area contributed by atoms with Crippen molar-refractivity contribution in [3.8, 4) is 17.5 Å². The van der Waals surface area contributed by atoms with E-state index in [1.54, 1.807) is 19.6 Å². The van der Waals surface area contributed by atoms with Crippen LogP contribution < -0.4 is 16.0 Å². The summed E-state index contributed by atoms with van der Waals surface area (Å²) in [6, 6.07) is 8.97. The van der Waals surface area contributed by atoms with Crippen molar-refractivity contribution in [1.82, 2.24) is 20.3 Å². The highest BCUT2D eigenvalue weighted by Gasteiger charge is 2.32. The fraction of sp³-hybridized carbons (Fsp3) is 0.615. The molecule has 0 spiro atoms. The third-order valence-corrected chi connectivity index (χ3v) is 7.17. The number of nitrogens with one attached hydrogen (secondary N) is 3. The molecule has 35 heavy (non-hydrogen) atoms. The van der Waals surface area contributed by atoms with Crippen LogP contribution in [0, 0.1) is 22.7 Å². The van der Waals surface area contributed by atoms with Gasteiger partial charge in [0.15, 0.2) is 0 Å². The lowest BCUT2D eigenvalue weighted by atomic mass is 9.81. The lowest BCUT2D eigenvalue weighted by Gasteiger charge is -2.31. The van der Waals surface area contributed by atoms with Crippen molar-refractivity contribution in [3.63, 3.8) is 0 Å². The zero-order valence-electron chi connectivity index (χ0n) is 20.6. The minimum absolute atomic E-state index is 0.382. The van der Waals surface area contributed by atoms with Gasteiger partial charge in [0.2, 0.25) is 0 Å². The van der Waals surface area contributed by atoms with E-state index in [9.17, 15) is 5.26 Å². The third-order valence-electron chi connectivity index (χ3n) is 7.17. The lowest BCUT2D eigenvalue weighted by molar-refractivity contribution is 0.0456. The molecule has 2 aliphatic rings. The Hall–Kier alpha value is -2.80. The molecule has 0 radical (unpaired) electrons. The van der Waals surface area contributed by atoms with Gasteiger partial charge < -0.3 is 25.4 Å². The van der Waals surface area contributed by atoms with Gasteiger partial charge in [0, 0.05) is 64.0 Å². The average Bonchev–Trinajstić information content (AvgIpc) is 2.92. The van der Waals surface area contributed by atoms with Crippen LogP contribution in [0.5, 0.6) is 0 Å². The smallest absolute Gasteiger partial charge is 0.130 e. The largest absolute Gasteiger partial charge is 0.383 e. The molecule has 0 atom stereocenters. The molecule has 0 amide bonds. The average molecular weight is 480 g/mol. The fourth-order valence-electron chi connectivity index (χ4n) is 4.82. The summed E-state index contributed by atoms with van der Waals surface area (Å²) in [5.74, 6) is 1.47. The number of anilines is 2. The molecule has 1 saturated heterocycles. The van der Waals surface area contributed by atoms with E-state index in [-0.39, 0.29) is 5.41 Å². The summed E-state index contributed by atoms with van der Waals surface area (Å²) >= 11 is 0. The van der Waals surface area contributed by atoms with Crippen LogP contribution in [-0.2, 0) is 9.47 Å². The molecule has 188 valence electrons. The number of nitrogens with zero attached hydrogens (tertiary/aromatic N) is 4. The number of aromatic nitrogens is 3. The molecule has 0 unspecified atom stereocenters. The minimum atomic E-state index is -0.382. The first-order valence-corrected chi connectivity index (χ1v) is 12.7. The molecule has 2 fully saturated rings. The van der Waals surface area contributed by atoms with Gasteiger partial charge in [-0.2, -0.15) is 5.26 Å². The maximum atomic E-state index is 9.69. The fourth-order valence-corrected chi connectivity index (χ4v) is 4.82. The Balaban J connectivity index is 1.29. The molecule has 2 aromatic rings. The van der Waals surface area contributed by atoms with Crippen LogP contribution in [0.4, 0.5) is 11.5 Å². The summed E-state index contributed by atoms with van der Waals surface area (Å²) in [4.78, 5) is 13.4. The summed E-state index contributed by atoms with van der Waals surface area (Å²) in [5, 5.41) is 20.2. The molecule has 0 aromatic carbocycles. The van der Waals surface area contributed by atoms with Crippen LogP contribution in [-0.4, -0.2) is 67.6 Å². The number of pyridine rings is 1. The summed E-state index contributed by atoms with van der Waals surface area (Å²) < 4.78 is 10.6. The summed E-state index contributed by atoms with van der Waals surface area (Å²) in [5.41, 5.74) is 2.10. The molecule has 3 heterocycles. The maximum absolute atomic E-state index is 9.69. The molecule has 1 aliphatic carbocycles. The van der Waals surface area contributed by atoms with Gasteiger partial charge in [-0.1, -0.05) is 0 Å². The second-order valence-electron chi connectivity index (χ2n) is 9.62. The maximum Gasteiger partial charge on any atom is 0.130 e. The Bertz CT molecular complexity index is 966. The van der Waals surface area contributed by atoms with E-state index in [1.807, 2.05) is 18.2 Å². The Kier molecular flexibility index (Phi) is 9.23. The van der Waals surface area contributed by atoms with Crippen molar-refractivity contribution in [2.24, 2.45) is 11.3 Å². The van der Waals surface area contributed by atoms with Crippen molar-refractivity contribution < 1.29 is 9.47 Å². The normalized spacial score (nSPS) is 21.7. The molecule has 3 N–H and O–H groups in total. The Morgan fingerprint density at radius 3 is 2.66 bits per heavy atom. The first-order valence-electron chi connectivity index (χ1n) is 12.7. The molecule has 0 bridgehead atoms. The van der Waals surface area contributed by atoms with Gasteiger partial charge in [-0.25, -0.2) is 9.97 Å². The Morgan fingerprint density at radius 1 is 1.09 bits per heavy atom.